The van der Waals surface area contributed by atoms with Crippen LogP contribution in [0.4, 0.5) is 0 Å². The van der Waals surface area contributed by atoms with Gasteiger partial charge in [-0.3, -0.25) is 9.59 Å². The minimum atomic E-state index is -0.844. The number of rotatable bonds is 47. The smallest absolute Gasteiger partial charge is 0.305 e. The van der Waals surface area contributed by atoms with Gasteiger partial charge in [0, 0.05) is 12.8 Å². The van der Waals surface area contributed by atoms with E-state index in [0.29, 0.717) is 19.4 Å². The van der Waals surface area contributed by atoms with E-state index in [1.54, 1.807) is 6.08 Å². The minimum Gasteiger partial charge on any atom is -0.466 e. The lowest BCUT2D eigenvalue weighted by Crippen LogP contribution is -2.45. The number of nitrogens with one attached hydrogen (secondary N) is 1. The number of carbonyl (C=O) groups excluding carboxylic acids is 2. The number of carbonyl (C=O) groups is 2. The Balaban J connectivity index is 3.40. The molecule has 0 saturated heterocycles. The summed E-state index contributed by atoms with van der Waals surface area (Å²) < 4.78 is 5.46. The van der Waals surface area contributed by atoms with Crippen LogP contribution in [0.25, 0.3) is 0 Å². The van der Waals surface area contributed by atoms with E-state index in [1.165, 1.54) is 199 Å². The Bertz CT molecular complexity index is 904. The average molecular weight is 818 g/mol. The Hall–Kier alpha value is -1.66. The zero-order valence-electron chi connectivity index (χ0n) is 38.8. The van der Waals surface area contributed by atoms with Gasteiger partial charge in [0.05, 0.1) is 25.4 Å². The molecule has 6 heteroatoms. The SMILES string of the molecule is CCCCCCC/C=C\CCCCCCCC(=O)OCCCCCCCCCCCCCCCCCCCCC(=O)NC(CO)C(O)/C=C/CCCCCCCCC. The molecule has 2 unspecified atom stereocenters. The first kappa shape index (κ1) is 56.3. The summed E-state index contributed by atoms with van der Waals surface area (Å²) in [6.45, 7) is 4.85. The van der Waals surface area contributed by atoms with Gasteiger partial charge in [-0.1, -0.05) is 224 Å². The summed E-state index contributed by atoms with van der Waals surface area (Å²) in [6.07, 6.45) is 56.1. The fourth-order valence-corrected chi connectivity index (χ4v) is 7.74. The van der Waals surface area contributed by atoms with Crippen LogP contribution in [-0.2, 0) is 14.3 Å². The molecule has 0 fully saturated rings. The Morgan fingerprint density at radius 2 is 0.810 bits per heavy atom. The van der Waals surface area contributed by atoms with Gasteiger partial charge in [-0.25, -0.2) is 0 Å². The number of aliphatic hydroxyl groups excluding tert-OH is 2. The lowest BCUT2D eigenvalue weighted by molar-refractivity contribution is -0.143. The van der Waals surface area contributed by atoms with E-state index in [9.17, 15) is 19.8 Å². The second-order valence-corrected chi connectivity index (χ2v) is 17.5. The monoisotopic (exact) mass is 818 g/mol. The van der Waals surface area contributed by atoms with Crippen LogP contribution in [0.2, 0.25) is 0 Å². The highest BCUT2D eigenvalue weighted by molar-refractivity contribution is 5.76. The summed E-state index contributed by atoms with van der Waals surface area (Å²) >= 11 is 0. The molecule has 0 aromatic rings. The summed E-state index contributed by atoms with van der Waals surface area (Å²) in [5.74, 6) is -0.0778. The lowest BCUT2D eigenvalue weighted by Gasteiger charge is -2.20. The van der Waals surface area contributed by atoms with Crippen LogP contribution in [0, 0.1) is 0 Å². The van der Waals surface area contributed by atoms with Crippen LogP contribution in [-0.4, -0.2) is 47.4 Å². The predicted octanol–water partition coefficient (Wildman–Crippen LogP) is 15.1. The molecule has 0 aromatic heterocycles. The van der Waals surface area contributed by atoms with E-state index >= 15 is 0 Å². The highest BCUT2D eigenvalue weighted by atomic mass is 16.5. The van der Waals surface area contributed by atoms with Gasteiger partial charge in [-0.2, -0.15) is 0 Å². The Morgan fingerprint density at radius 3 is 1.22 bits per heavy atom. The molecule has 1 amide bonds. The number of esters is 1. The standard InChI is InChI=1S/C52H99NO5/c1-3-5-7-9-11-13-14-15-23-26-30-34-38-42-46-52(57)58-47-43-39-35-31-27-24-21-19-17-16-18-20-22-25-29-33-37-41-45-51(56)53-49(48-54)50(55)44-40-36-32-28-12-10-8-6-4-2/h14-15,40,44,49-50,54-55H,3-13,16-39,41-43,45-48H2,1-2H3,(H,53,56)/b15-14-,44-40+. The van der Waals surface area contributed by atoms with Crippen molar-refractivity contribution in [3.63, 3.8) is 0 Å². The first-order chi connectivity index (χ1) is 28.5. The Kier molecular flexibility index (Phi) is 46.6. The highest BCUT2D eigenvalue weighted by Crippen LogP contribution is 2.16. The summed E-state index contributed by atoms with van der Waals surface area (Å²) in [6, 6.07) is -0.628. The van der Waals surface area contributed by atoms with E-state index in [4.69, 9.17) is 4.74 Å². The average Bonchev–Trinajstić information content (AvgIpc) is 3.22. The van der Waals surface area contributed by atoms with E-state index in [1.807, 2.05) is 6.08 Å². The van der Waals surface area contributed by atoms with Crippen molar-refractivity contribution in [2.24, 2.45) is 0 Å². The lowest BCUT2D eigenvalue weighted by atomic mass is 10.0. The van der Waals surface area contributed by atoms with Crippen LogP contribution in [0.15, 0.2) is 24.3 Å². The number of hydrogen-bond donors (Lipinski definition) is 3. The third-order valence-electron chi connectivity index (χ3n) is 11.7. The van der Waals surface area contributed by atoms with Crippen molar-refractivity contribution >= 4 is 11.9 Å². The molecule has 0 heterocycles. The van der Waals surface area contributed by atoms with E-state index in [-0.39, 0.29) is 18.5 Å². The zero-order valence-corrected chi connectivity index (χ0v) is 38.8. The summed E-state index contributed by atoms with van der Waals surface area (Å²) in [5, 5.41) is 22.9. The summed E-state index contributed by atoms with van der Waals surface area (Å²) in [4.78, 5) is 24.4. The molecule has 0 spiro atoms. The number of allylic oxidation sites excluding steroid dienone is 3. The van der Waals surface area contributed by atoms with Gasteiger partial charge in [0.2, 0.25) is 5.91 Å². The van der Waals surface area contributed by atoms with Crippen LogP contribution in [0.3, 0.4) is 0 Å². The van der Waals surface area contributed by atoms with Crippen LogP contribution in [0.5, 0.6) is 0 Å². The second-order valence-electron chi connectivity index (χ2n) is 17.5. The fraction of sp³-hybridized carbons (Fsp3) is 0.885. The number of unbranched alkanes of at least 4 members (excludes halogenated alkanes) is 34. The molecule has 6 nitrogen and oxygen atoms in total. The molecule has 0 bridgehead atoms. The molecule has 3 N–H and O–H groups in total. The number of ether oxygens (including phenoxy) is 1. The zero-order chi connectivity index (χ0) is 42.3. The predicted molar refractivity (Wildman–Crippen MR) is 250 cm³/mol. The topological polar surface area (TPSA) is 95.9 Å². The van der Waals surface area contributed by atoms with Crippen LogP contribution >= 0.6 is 0 Å². The maximum absolute atomic E-state index is 12.4. The number of amides is 1. The summed E-state index contributed by atoms with van der Waals surface area (Å²) in [7, 11) is 0. The molecule has 342 valence electrons. The van der Waals surface area contributed by atoms with Gasteiger partial charge in [0.15, 0.2) is 0 Å². The van der Waals surface area contributed by atoms with Crippen molar-refractivity contribution in [3.05, 3.63) is 24.3 Å². The summed E-state index contributed by atoms with van der Waals surface area (Å²) in [5.41, 5.74) is 0. The Morgan fingerprint density at radius 1 is 0.466 bits per heavy atom. The molecular formula is C52H99NO5. The molecule has 0 aliphatic heterocycles. The molecule has 0 aliphatic carbocycles. The van der Waals surface area contributed by atoms with Gasteiger partial charge < -0.3 is 20.3 Å². The molecular weight excluding hydrogens is 719 g/mol. The van der Waals surface area contributed by atoms with Gasteiger partial charge in [0.25, 0.3) is 0 Å². The molecule has 0 aliphatic rings. The molecule has 0 saturated carbocycles. The minimum absolute atomic E-state index is 0.00268. The molecule has 0 radical (unpaired) electrons. The largest absolute Gasteiger partial charge is 0.466 e. The third-order valence-corrected chi connectivity index (χ3v) is 11.7. The van der Waals surface area contributed by atoms with Crippen molar-refractivity contribution in [2.45, 2.75) is 283 Å². The van der Waals surface area contributed by atoms with Gasteiger partial charge in [0.1, 0.15) is 0 Å². The van der Waals surface area contributed by atoms with Crippen molar-refractivity contribution in [2.75, 3.05) is 13.2 Å². The van der Waals surface area contributed by atoms with E-state index in [0.717, 1.165) is 44.9 Å². The van der Waals surface area contributed by atoms with Gasteiger partial charge in [-0.05, 0) is 57.8 Å². The maximum Gasteiger partial charge on any atom is 0.305 e. The van der Waals surface area contributed by atoms with E-state index in [2.05, 4.69) is 31.3 Å². The van der Waals surface area contributed by atoms with Crippen LogP contribution in [0.1, 0.15) is 271 Å². The van der Waals surface area contributed by atoms with Crippen LogP contribution < -0.4 is 5.32 Å². The van der Waals surface area contributed by atoms with Gasteiger partial charge in [-0.15, -0.1) is 0 Å². The molecule has 0 rings (SSSR count). The highest BCUT2D eigenvalue weighted by Gasteiger charge is 2.18. The van der Waals surface area contributed by atoms with Gasteiger partial charge >= 0.3 is 5.97 Å². The third kappa shape index (κ3) is 43.9. The van der Waals surface area contributed by atoms with Crippen molar-refractivity contribution in [1.29, 1.82) is 0 Å². The molecule has 58 heavy (non-hydrogen) atoms. The van der Waals surface area contributed by atoms with Crippen molar-refractivity contribution < 1.29 is 24.5 Å². The second kappa shape index (κ2) is 48.0. The Labute approximate surface area is 361 Å². The fourth-order valence-electron chi connectivity index (χ4n) is 7.74. The van der Waals surface area contributed by atoms with Crippen molar-refractivity contribution in [3.8, 4) is 0 Å². The molecule has 2 atom stereocenters. The normalized spacial score (nSPS) is 12.8. The maximum atomic E-state index is 12.4. The first-order valence-corrected chi connectivity index (χ1v) is 25.6. The molecule has 0 aromatic carbocycles. The van der Waals surface area contributed by atoms with Crippen molar-refractivity contribution in [1.82, 2.24) is 5.32 Å². The number of hydrogen-bond acceptors (Lipinski definition) is 5. The first-order valence-electron chi connectivity index (χ1n) is 25.6. The quantitative estimate of drug-likeness (QED) is 0.0323. The van der Waals surface area contributed by atoms with E-state index < -0.39 is 12.1 Å². The number of aliphatic hydroxyl groups is 2.